The Bertz CT molecular complexity index is 362. The van der Waals surface area contributed by atoms with E-state index in [1.807, 2.05) is 0 Å². The van der Waals surface area contributed by atoms with Gasteiger partial charge >= 0.3 is 0 Å². The molecule has 2 unspecified atom stereocenters. The summed E-state index contributed by atoms with van der Waals surface area (Å²) in [5.74, 6) is -2.03. The van der Waals surface area contributed by atoms with Crippen LogP contribution in [0.5, 0.6) is 0 Å². The molecule has 1 saturated heterocycles. The third-order valence-corrected chi connectivity index (χ3v) is 2.94. The van der Waals surface area contributed by atoms with Crippen molar-refractivity contribution < 1.29 is 18.6 Å². The molecule has 1 aromatic rings. The molecule has 1 N–H and O–H groups in total. The second-order valence-electron chi connectivity index (χ2n) is 4.07. The number of halogens is 2. The van der Waals surface area contributed by atoms with Crippen molar-refractivity contribution in [1.29, 1.82) is 0 Å². The van der Waals surface area contributed by atoms with Crippen LogP contribution in [-0.4, -0.2) is 18.3 Å². The lowest BCUT2D eigenvalue weighted by Crippen LogP contribution is -2.24. The van der Waals surface area contributed by atoms with E-state index in [4.69, 9.17) is 4.74 Å². The Labute approximate surface area is 92.9 Å². The van der Waals surface area contributed by atoms with Gasteiger partial charge in [-0.15, -0.1) is 0 Å². The Kier molecular flexibility index (Phi) is 3.51. The van der Waals surface area contributed by atoms with E-state index in [0.29, 0.717) is 13.2 Å². The first-order valence-corrected chi connectivity index (χ1v) is 5.40. The van der Waals surface area contributed by atoms with Crippen molar-refractivity contribution >= 4 is 0 Å². The summed E-state index contributed by atoms with van der Waals surface area (Å²) in [6, 6.07) is 3.86. The number of ether oxygens (including phenoxy) is 1. The molecule has 1 fully saturated rings. The zero-order chi connectivity index (χ0) is 11.5. The fourth-order valence-corrected chi connectivity index (χ4v) is 2.02. The lowest BCUT2D eigenvalue weighted by atomic mass is 9.91. The van der Waals surface area contributed by atoms with E-state index >= 15 is 0 Å². The van der Waals surface area contributed by atoms with Crippen LogP contribution < -0.4 is 0 Å². The molecule has 2 rings (SSSR count). The molecule has 0 bridgehead atoms. The van der Waals surface area contributed by atoms with Gasteiger partial charge in [-0.25, -0.2) is 8.78 Å². The molecular formula is C12H14F2O2. The SMILES string of the molecule is OC(c1cccc(F)c1F)C1CCCOC1. The molecule has 1 aliphatic heterocycles. The maximum Gasteiger partial charge on any atom is 0.164 e. The Balaban J connectivity index is 2.19. The summed E-state index contributed by atoms with van der Waals surface area (Å²) in [7, 11) is 0. The first-order chi connectivity index (χ1) is 7.70. The van der Waals surface area contributed by atoms with Gasteiger partial charge in [0.05, 0.1) is 12.7 Å². The van der Waals surface area contributed by atoms with E-state index in [2.05, 4.69) is 0 Å². The van der Waals surface area contributed by atoms with Gasteiger partial charge in [0.2, 0.25) is 0 Å². The molecule has 0 amide bonds. The van der Waals surface area contributed by atoms with Crippen LogP contribution in [0.3, 0.4) is 0 Å². The van der Waals surface area contributed by atoms with Crippen molar-refractivity contribution in [2.75, 3.05) is 13.2 Å². The van der Waals surface area contributed by atoms with Crippen LogP contribution in [0.25, 0.3) is 0 Å². The van der Waals surface area contributed by atoms with Gasteiger partial charge in [-0.1, -0.05) is 12.1 Å². The van der Waals surface area contributed by atoms with Gasteiger partial charge in [0.15, 0.2) is 11.6 Å². The van der Waals surface area contributed by atoms with Gasteiger partial charge in [0.25, 0.3) is 0 Å². The number of hydrogen-bond donors (Lipinski definition) is 1. The van der Waals surface area contributed by atoms with E-state index in [1.165, 1.54) is 12.1 Å². The number of rotatable bonds is 2. The van der Waals surface area contributed by atoms with Crippen LogP contribution in [0, 0.1) is 17.6 Å². The molecule has 16 heavy (non-hydrogen) atoms. The smallest absolute Gasteiger partial charge is 0.164 e. The predicted molar refractivity (Wildman–Crippen MR) is 54.9 cm³/mol. The highest BCUT2D eigenvalue weighted by atomic mass is 19.2. The molecule has 0 radical (unpaired) electrons. The first kappa shape index (κ1) is 11.5. The second-order valence-corrected chi connectivity index (χ2v) is 4.07. The van der Waals surface area contributed by atoms with Crippen LogP contribution >= 0.6 is 0 Å². The maximum atomic E-state index is 13.4. The van der Waals surface area contributed by atoms with Crippen molar-refractivity contribution in [3.8, 4) is 0 Å². The highest BCUT2D eigenvalue weighted by molar-refractivity contribution is 5.21. The van der Waals surface area contributed by atoms with Gasteiger partial charge in [0.1, 0.15) is 0 Å². The summed E-state index contributed by atoms with van der Waals surface area (Å²) in [5.41, 5.74) is 0.0236. The van der Waals surface area contributed by atoms with Gasteiger partial charge in [-0.3, -0.25) is 0 Å². The van der Waals surface area contributed by atoms with Crippen molar-refractivity contribution in [3.05, 3.63) is 35.4 Å². The molecule has 1 aliphatic rings. The average Bonchev–Trinajstić information content (AvgIpc) is 2.33. The lowest BCUT2D eigenvalue weighted by molar-refractivity contribution is -0.0114. The van der Waals surface area contributed by atoms with Crippen molar-refractivity contribution in [2.45, 2.75) is 18.9 Å². The van der Waals surface area contributed by atoms with Crippen LogP contribution in [0.4, 0.5) is 8.78 Å². The molecule has 0 aliphatic carbocycles. The first-order valence-electron chi connectivity index (χ1n) is 5.40. The van der Waals surface area contributed by atoms with Crippen LogP contribution in [0.15, 0.2) is 18.2 Å². The average molecular weight is 228 g/mol. The zero-order valence-corrected chi connectivity index (χ0v) is 8.83. The van der Waals surface area contributed by atoms with Crippen LogP contribution in [0.1, 0.15) is 24.5 Å². The summed E-state index contributed by atoms with van der Waals surface area (Å²) >= 11 is 0. The quantitative estimate of drug-likeness (QED) is 0.842. The number of hydrogen-bond acceptors (Lipinski definition) is 2. The summed E-state index contributed by atoms with van der Waals surface area (Å²) in [6.07, 6.45) is 0.631. The highest BCUT2D eigenvalue weighted by Gasteiger charge is 2.26. The third kappa shape index (κ3) is 2.23. The number of aliphatic hydroxyl groups is 1. The topological polar surface area (TPSA) is 29.5 Å². The van der Waals surface area contributed by atoms with Crippen LogP contribution in [0.2, 0.25) is 0 Å². The van der Waals surface area contributed by atoms with Crippen LogP contribution in [-0.2, 0) is 4.74 Å². The van der Waals surface area contributed by atoms with E-state index < -0.39 is 17.7 Å². The summed E-state index contributed by atoms with van der Waals surface area (Å²) in [6.45, 7) is 1.08. The summed E-state index contributed by atoms with van der Waals surface area (Å²) < 4.78 is 31.6. The fourth-order valence-electron chi connectivity index (χ4n) is 2.02. The molecule has 0 aromatic heterocycles. The van der Waals surface area contributed by atoms with Gasteiger partial charge in [0, 0.05) is 18.1 Å². The van der Waals surface area contributed by atoms with E-state index in [1.54, 1.807) is 0 Å². The molecule has 2 atom stereocenters. The van der Waals surface area contributed by atoms with E-state index in [0.717, 1.165) is 18.9 Å². The van der Waals surface area contributed by atoms with Gasteiger partial charge < -0.3 is 9.84 Å². The molecule has 1 aromatic carbocycles. The Morgan fingerprint density at radius 1 is 1.38 bits per heavy atom. The summed E-state index contributed by atoms with van der Waals surface area (Å²) in [5, 5.41) is 9.96. The molecule has 1 heterocycles. The van der Waals surface area contributed by atoms with Crippen molar-refractivity contribution in [2.24, 2.45) is 5.92 Å². The minimum atomic E-state index is -0.990. The van der Waals surface area contributed by atoms with E-state index in [-0.39, 0.29) is 11.5 Å². The predicted octanol–water partition coefficient (Wildman–Crippen LogP) is 2.42. The van der Waals surface area contributed by atoms with Gasteiger partial charge in [-0.05, 0) is 18.9 Å². The van der Waals surface area contributed by atoms with Crippen molar-refractivity contribution in [3.63, 3.8) is 0 Å². The number of benzene rings is 1. The van der Waals surface area contributed by atoms with Gasteiger partial charge in [-0.2, -0.15) is 0 Å². The monoisotopic (exact) mass is 228 g/mol. The zero-order valence-electron chi connectivity index (χ0n) is 8.83. The molecular weight excluding hydrogens is 214 g/mol. The summed E-state index contributed by atoms with van der Waals surface area (Å²) in [4.78, 5) is 0. The molecule has 4 heteroatoms. The van der Waals surface area contributed by atoms with Crippen molar-refractivity contribution in [1.82, 2.24) is 0 Å². The van der Waals surface area contributed by atoms with E-state index in [9.17, 15) is 13.9 Å². The molecule has 0 spiro atoms. The third-order valence-electron chi connectivity index (χ3n) is 2.94. The lowest BCUT2D eigenvalue weighted by Gasteiger charge is -2.27. The Hall–Kier alpha value is -1.00. The standard InChI is InChI=1S/C12H14F2O2/c13-10-5-1-4-9(11(10)14)12(15)8-3-2-6-16-7-8/h1,4-5,8,12,15H,2-3,6-7H2. The molecule has 0 saturated carbocycles. The normalized spacial score (nSPS) is 23.1. The molecule has 2 nitrogen and oxygen atoms in total. The number of aliphatic hydroxyl groups excluding tert-OH is 1. The Morgan fingerprint density at radius 3 is 2.88 bits per heavy atom. The Morgan fingerprint density at radius 2 is 2.19 bits per heavy atom. The maximum absolute atomic E-state index is 13.4. The molecule has 88 valence electrons. The fraction of sp³-hybridized carbons (Fsp3) is 0.500. The highest BCUT2D eigenvalue weighted by Crippen LogP contribution is 2.30. The largest absolute Gasteiger partial charge is 0.388 e. The second kappa shape index (κ2) is 4.89. The minimum absolute atomic E-state index is 0.0236. The minimum Gasteiger partial charge on any atom is -0.388 e.